The van der Waals surface area contributed by atoms with Crippen molar-refractivity contribution in [2.45, 2.75) is 19.0 Å². The predicted octanol–water partition coefficient (Wildman–Crippen LogP) is 3.08. The van der Waals surface area contributed by atoms with E-state index in [1.807, 2.05) is 42.2 Å². The Bertz CT molecular complexity index is 1440. The summed E-state index contributed by atoms with van der Waals surface area (Å²) >= 11 is 0. The molecular weight excluding hydrogens is 411 g/mol. The lowest BCUT2D eigenvalue weighted by molar-refractivity contribution is 0.0695. The highest BCUT2D eigenvalue weighted by Crippen LogP contribution is 2.36. The van der Waals surface area contributed by atoms with Crippen LogP contribution in [-0.4, -0.2) is 33.7 Å². The van der Waals surface area contributed by atoms with Gasteiger partial charge < -0.3 is 20.3 Å². The van der Waals surface area contributed by atoms with Gasteiger partial charge in [-0.1, -0.05) is 30.3 Å². The van der Waals surface area contributed by atoms with E-state index >= 15 is 4.39 Å². The van der Waals surface area contributed by atoms with E-state index in [1.165, 1.54) is 18.3 Å². The first-order valence-corrected chi connectivity index (χ1v) is 10.3. The minimum absolute atomic E-state index is 0.153. The molecule has 1 fully saturated rings. The number of hydrogen-bond donors (Lipinski definition) is 2. The summed E-state index contributed by atoms with van der Waals surface area (Å²) in [5.41, 5.74) is 7.30. The number of aromatic carboxylic acids is 1. The Morgan fingerprint density at radius 2 is 1.94 bits per heavy atom. The number of benzene rings is 2. The molecule has 2 aromatic heterocycles. The monoisotopic (exact) mass is 432 g/mol. The lowest BCUT2D eigenvalue weighted by Crippen LogP contribution is -2.65. The molecule has 0 saturated carbocycles. The first-order valence-electron chi connectivity index (χ1n) is 10.3. The number of fused-ring (bicyclic) bond motifs is 2. The highest BCUT2D eigenvalue weighted by atomic mass is 19.1. The van der Waals surface area contributed by atoms with Crippen molar-refractivity contribution in [2.24, 2.45) is 5.73 Å². The molecule has 7 nitrogen and oxygen atoms in total. The van der Waals surface area contributed by atoms with Crippen LogP contribution < -0.4 is 16.1 Å². The molecular formula is C24H21FN4O3. The quantitative estimate of drug-likeness (QED) is 0.481. The van der Waals surface area contributed by atoms with Gasteiger partial charge in [-0.05, 0) is 30.7 Å². The Labute approximate surface area is 182 Å². The average molecular weight is 432 g/mol. The number of hydrogen-bond acceptors (Lipinski definition) is 5. The molecule has 1 aliphatic heterocycles. The van der Waals surface area contributed by atoms with Crippen LogP contribution in [0.15, 0.2) is 59.5 Å². The zero-order chi connectivity index (χ0) is 22.6. The Morgan fingerprint density at radius 1 is 1.22 bits per heavy atom. The zero-order valence-corrected chi connectivity index (χ0v) is 17.4. The summed E-state index contributed by atoms with van der Waals surface area (Å²) in [6.07, 6.45) is 1.30. The van der Waals surface area contributed by atoms with Gasteiger partial charge in [0.05, 0.1) is 22.1 Å². The lowest BCUT2D eigenvalue weighted by atomic mass is 9.83. The molecule has 5 rings (SSSR count). The van der Waals surface area contributed by atoms with Crippen LogP contribution in [0, 0.1) is 5.82 Å². The van der Waals surface area contributed by atoms with Crippen molar-refractivity contribution in [3.8, 4) is 0 Å². The van der Waals surface area contributed by atoms with Crippen LogP contribution in [0.3, 0.4) is 0 Å². The standard InChI is InChI=1S/C24H21FN4O3/c1-2-28-11-17(23(31)32)21(30)16-8-14-9-18(25)20(10-19(14)27-22(16)28)29-12-24(26,13-29)15-6-4-3-5-7-15/h3-11H,2,12-13,26H2,1H3,(H,31,32). The van der Waals surface area contributed by atoms with Crippen LogP contribution in [0.25, 0.3) is 21.9 Å². The van der Waals surface area contributed by atoms with Crippen LogP contribution >= 0.6 is 0 Å². The van der Waals surface area contributed by atoms with E-state index < -0.39 is 22.8 Å². The van der Waals surface area contributed by atoms with Crippen LogP contribution in [0.1, 0.15) is 22.8 Å². The highest BCUT2D eigenvalue weighted by Gasteiger charge is 2.41. The van der Waals surface area contributed by atoms with E-state index in [1.54, 1.807) is 10.6 Å². The van der Waals surface area contributed by atoms with Gasteiger partial charge in [0.15, 0.2) is 0 Å². The number of carboxylic acid groups (broad SMARTS) is 1. The molecule has 0 unspecified atom stereocenters. The average Bonchev–Trinajstić information content (AvgIpc) is 2.76. The van der Waals surface area contributed by atoms with Gasteiger partial charge in [-0.15, -0.1) is 0 Å². The van der Waals surface area contributed by atoms with Crippen molar-refractivity contribution in [3.63, 3.8) is 0 Å². The second-order valence-electron chi connectivity index (χ2n) is 8.20. The molecule has 32 heavy (non-hydrogen) atoms. The maximum atomic E-state index is 15.0. The summed E-state index contributed by atoms with van der Waals surface area (Å²) in [5.74, 6) is -1.75. The van der Waals surface area contributed by atoms with Gasteiger partial charge in [0.1, 0.15) is 17.0 Å². The maximum absolute atomic E-state index is 15.0. The highest BCUT2D eigenvalue weighted by molar-refractivity contribution is 5.96. The third-order valence-electron chi connectivity index (χ3n) is 6.12. The topological polar surface area (TPSA) is 101 Å². The lowest BCUT2D eigenvalue weighted by Gasteiger charge is -2.49. The maximum Gasteiger partial charge on any atom is 0.341 e. The Hall–Kier alpha value is -3.78. The number of nitrogens with two attached hydrogens (primary N) is 1. The number of halogens is 1. The van der Waals surface area contributed by atoms with Gasteiger partial charge in [-0.3, -0.25) is 4.79 Å². The number of aromatic nitrogens is 2. The molecule has 3 N–H and O–H groups in total. The minimum Gasteiger partial charge on any atom is -0.477 e. The number of carbonyl (C=O) groups is 1. The second-order valence-corrected chi connectivity index (χ2v) is 8.20. The number of nitrogens with zero attached hydrogens (tertiary/aromatic N) is 3. The summed E-state index contributed by atoms with van der Waals surface area (Å²) in [6, 6.07) is 14.2. The molecule has 1 aliphatic rings. The predicted molar refractivity (Wildman–Crippen MR) is 121 cm³/mol. The largest absolute Gasteiger partial charge is 0.477 e. The van der Waals surface area contributed by atoms with Crippen LogP contribution in [0.4, 0.5) is 10.1 Å². The SMILES string of the molecule is CCn1cc(C(=O)O)c(=O)c2cc3cc(F)c(N4CC(N)(c5ccccc5)C4)cc3nc21. The molecule has 0 bridgehead atoms. The van der Waals surface area contributed by atoms with Crippen molar-refractivity contribution >= 4 is 33.6 Å². The molecule has 1 saturated heterocycles. The molecule has 2 aromatic carbocycles. The number of rotatable bonds is 4. The smallest absolute Gasteiger partial charge is 0.341 e. The molecule has 0 atom stereocenters. The van der Waals surface area contributed by atoms with Gasteiger partial charge in [-0.25, -0.2) is 14.2 Å². The van der Waals surface area contributed by atoms with Crippen molar-refractivity contribution < 1.29 is 14.3 Å². The number of anilines is 1. The molecule has 3 heterocycles. The summed E-state index contributed by atoms with van der Waals surface area (Å²) in [7, 11) is 0. The van der Waals surface area contributed by atoms with E-state index in [9.17, 15) is 14.7 Å². The number of aryl methyl sites for hydroxylation is 1. The van der Waals surface area contributed by atoms with Gasteiger partial charge in [0.25, 0.3) is 0 Å². The van der Waals surface area contributed by atoms with Crippen molar-refractivity contribution in [1.82, 2.24) is 9.55 Å². The molecule has 162 valence electrons. The van der Waals surface area contributed by atoms with Gasteiger partial charge in [-0.2, -0.15) is 0 Å². The molecule has 0 amide bonds. The minimum atomic E-state index is -1.30. The van der Waals surface area contributed by atoms with Crippen molar-refractivity contribution in [2.75, 3.05) is 18.0 Å². The summed E-state index contributed by atoms with van der Waals surface area (Å²) in [5, 5.41) is 9.94. The van der Waals surface area contributed by atoms with Crippen molar-refractivity contribution in [1.29, 1.82) is 0 Å². The summed E-state index contributed by atoms with van der Waals surface area (Å²) < 4.78 is 16.6. The normalized spacial score (nSPS) is 15.2. The molecule has 8 heteroatoms. The van der Waals surface area contributed by atoms with Crippen LogP contribution in [0.5, 0.6) is 0 Å². The van der Waals surface area contributed by atoms with Crippen LogP contribution in [-0.2, 0) is 12.1 Å². The fraction of sp³-hybridized carbons (Fsp3) is 0.208. The molecule has 0 radical (unpaired) electrons. The zero-order valence-electron chi connectivity index (χ0n) is 17.4. The second kappa shape index (κ2) is 7.13. The Kier molecular flexibility index (Phi) is 4.49. The fourth-order valence-corrected chi connectivity index (χ4v) is 4.37. The van der Waals surface area contributed by atoms with Crippen molar-refractivity contribution in [3.05, 3.63) is 81.9 Å². The molecule has 0 spiro atoms. The molecule has 4 aromatic rings. The third-order valence-corrected chi connectivity index (χ3v) is 6.12. The Morgan fingerprint density at radius 3 is 2.59 bits per heavy atom. The fourth-order valence-electron chi connectivity index (χ4n) is 4.37. The first kappa shape index (κ1) is 20.1. The van der Waals surface area contributed by atoms with Gasteiger partial charge >= 0.3 is 5.97 Å². The van der Waals surface area contributed by atoms with Gasteiger partial charge in [0, 0.05) is 31.2 Å². The van der Waals surface area contributed by atoms with E-state index in [4.69, 9.17) is 5.73 Å². The van der Waals surface area contributed by atoms with E-state index in [0.29, 0.717) is 41.9 Å². The summed E-state index contributed by atoms with van der Waals surface area (Å²) in [6.45, 7) is 3.20. The molecule has 0 aliphatic carbocycles. The number of carboxylic acids is 1. The van der Waals surface area contributed by atoms with E-state index in [2.05, 4.69) is 4.98 Å². The number of pyridine rings is 2. The van der Waals surface area contributed by atoms with E-state index in [-0.39, 0.29) is 10.9 Å². The Balaban J connectivity index is 1.59. The third kappa shape index (κ3) is 3.03. The van der Waals surface area contributed by atoms with Crippen LogP contribution in [0.2, 0.25) is 0 Å². The first-order chi connectivity index (χ1) is 15.3. The van der Waals surface area contributed by atoms with E-state index in [0.717, 1.165) is 5.56 Å². The summed E-state index contributed by atoms with van der Waals surface area (Å²) in [4.78, 5) is 30.6. The van der Waals surface area contributed by atoms with Gasteiger partial charge in [0.2, 0.25) is 5.43 Å².